The number of para-hydroxylation sites is 2. The highest BCUT2D eigenvalue weighted by atomic mass is 32.1. The van der Waals surface area contributed by atoms with Gasteiger partial charge in [-0.3, -0.25) is 0 Å². The van der Waals surface area contributed by atoms with Gasteiger partial charge in [-0.05, 0) is 241 Å². The van der Waals surface area contributed by atoms with Crippen LogP contribution >= 0.6 is 11.3 Å². The van der Waals surface area contributed by atoms with E-state index in [1.165, 1.54) is 122 Å². The van der Waals surface area contributed by atoms with Gasteiger partial charge in [0.05, 0.1) is 0 Å². The number of aryl methyl sites for hydroxylation is 4. The van der Waals surface area contributed by atoms with E-state index in [0.29, 0.717) is 0 Å². The van der Waals surface area contributed by atoms with Crippen molar-refractivity contribution in [3.63, 3.8) is 0 Å². The number of anilines is 6. The second-order valence-electron chi connectivity index (χ2n) is 26.2. The van der Waals surface area contributed by atoms with E-state index < -0.39 is 0 Å². The maximum absolute atomic E-state index is 2.71. The Labute approximate surface area is 481 Å². The molecule has 9 aromatic carbocycles. The highest BCUT2D eigenvalue weighted by Gasteiger charge is 2.46. The van der Waals surface area contributed by atoms with Crippen molar-refractivity contribution in [3.05, 3.63) is 244 Å². The fourth-order valence-corrected chi connectivity index (χ4v) is 15.9. The average molecular weight is 1060 g/mol. The fourth-order valence-electron chi connectivity index (χ4n) is 14.5. The predicted molar refractivity (Wildman–Crippen MR) is 347 cm³/mol. The zero-order chi connectivity index (χ0) is 55.6. The molecule has 0 spiro atoms. The van der Waals surface area contributed by atoms with Gasteiger partial charge in [0.2, 0.25) is 0 Å². The quantitative estimate of drug-likeness (QED) is 0.140. The van der Waals surface area contributed by atoms with Crippen molar-refractivity contribution in [1.82, 2.24) is 0 Å². The Bertz CT molecular complexity index is 3960. The van der Waals surface area contributed by atoms with Crippen molar-refractivity contribution in [1.29, 1.82) is 0 Å². The summed E-state index contributed by atoms with van der Waals surface area (Å²) < 4.78 is 2.93. The normalized spacial score (nSPS) is 16.3. The molecule has 0 saturated heterocycles. The number of fused-ring (bicyclic) bond motifs is 7. The smallest absolute Gasteiger partial charge is 0.259 e. The summed E-state index contributed by atoms with van der Waals surface area (Å²) in [7, 11) is 0. The van der Waals surface area contributed by atoms with Gasteiger partial charge in [0.25, 0.3) is 6.71 Å². The molecule has 0 bridgehead atoms. The second kappa shape index (κ2) is 19.4. The van der Waals surface area contributed by atoms with E-state index in [9.17, 15) is 0 Å². The van der Waals surface area contributed by atoms with E-state index in [1.807, 2.05) is 0 Å². The molecule has 3 heterocycles. The molecule has 0 saturated carbocycles. The summed E-state index contributed by atoms with van der Waals surface area (Å²) in [6.45, 7) is 28.6. The first-order valence-corrected chi connectivity index (χ1v) is 30.1. The molecular weight excluding hydrogens is 984 g/mol. The minimum Gasteiger partial charge on any atom is -0.311 e. The number of hydrogen-bond acceptors (Lipinski definition) is 3. The molecule has 2 atom stereocenters. The minimum absolute atomic E-state index is 0.0121. The summed E-state index contributed by atoms with van der Waals surface area (Å²) >= 11 is 2.09. The fraction of sp³-hybridized carbons (Fsp3) is 0.263. The Morgan fingerprint density at radius 3 is 1.71 bits per heavy atom. The summed E-state index contributed by atoms with van der Waals surface area (Å²) in [6, 6.07) is 72.7. The van der Waals surface area contributed by atoms with Gasteiger partial charge in [-0.15, -0.1) is 11.3 Å². The third-order valence-corrected chi connectivity index (χ3v) is 20.2. The molecule has 1 aromatic heterocycles. The molecule has 0 fully saturated rings. The second-order valence-corrected chi connectivity index (χ2v) is 27.3. The van der Waals surface area contributed by atoms with E-state index >= 15 is 0 Å². The lowest BCUT2D eigenvalue weighted by atomic mass is 9.37. The van der Waals surface area contributed by atoms with E-state index in [-0.39, 0.29) is 34.8 Å². The van der Waals surface area contributed by atoms with Gasteiger partial charge >= 0.3 is 0 Å². The van der Waals surface area contributed by atoms with Gasteiger partial charge in [-0.2, -0.15) is 0 Å². The molecule has 10 aromatic rings. The van der Waals surface area contributed by atoms with Crippen LogP contribution in [0.3, 0.4) is 0 Å². The molecule has 0 radical (unpaired) electrons. The molecule has 80 heavy (non-hydrogen) atoms. The van der Waals surface area contributed by atoms with Crippen molar-refractivity contribution in [2.45, 2.75) is 130 Å². The van der Waals surface area contributed by atoms with Gasteiger partial charge in [0.15, 0.2) is 0 Å². The molecule has 2 unspecified atom stereocenters. The maximum Gasteiger partial charge on any atom is 0.259 e. The highest BCUT2D eigenvalue weighted by Crippen LogP contribution is 2.52. The Kier molecular flexibility index (Phi) is 12.6. The Morgan fingerprint density at radius 2 is 1.12 bits per heavy atom. The number of thiophene rings is 1. The number of benzene rings is 9. The third kappa shape index (κ3) is 8.67. The molecule has 1 aliphatic carbocycles. The summed E-state index contributed by atoms with van der Waals surface area (Å²) in [5.74, 6) is 0.401. The van der Waals surface area contributed by atoms with Gasteiger partial charge in [-0.25, -0.2) is 0 Å². The van der Waals surface area contributed by atoms with Crippen LogP contribution in [0, 0.1) is 27.7 Å². The molecule has 13 rings (SSSR count). The maximum atomic E-state index is 2.71. The first kappa shape index (κ1) is 52.0. The van der Waals surface area contributed by atoms with Gasteiger partial charge in [-0.1, -0.05) is 177 Å². The molecule has 0 amide bonds. The van der Waals surface area contributed by atoms with E-state index in [1.54, 1.807) is 5.56 Å². The van der Waals surface area contributed by atoms with Gasteiger partial charge in [0, 0.05) is 38.8 Å². The summed E-state index contributed by atoms with van der Waals surface area (Å²) in [5.41, 5.74) is 29.2. The topological polar surface area (TPSA) is 6.48 Å². The number of rotatable bonds is 8. The first-order valence-electron chi connectivity index (χ1n) is 29.3. The molecule has 398 valence electrons. The SMILES string of the molecule is Cc1cccc(C)c1-c1cccc(N2c3cc(-c4c(C)cccc4C)ccc3B3c4sc5cc6c(cc5c4C(C(C)c4ccc(C(C)(C)C)cc4)Cc4cc(N(c5ccccc5)c5ccccc5)cc2c43)C(C)(C)CCC6(C)C)c1. The van der Waals surface area contributed by atoms with E-state index in [0.717, 1.165) is 29.2 Å². The number of hydrogen-bond donors (Lipinski definition) is 0. The van der Waals surface area contributed by atoms with E-state index in [4.69, 9.17) is 0 Å². The van der Waals surface area contributed by atoms with Crippen LogP contribution in [0.25, 0.3) is 32.3 Å². The average Bonchev–Trinajstić information content (AvgIpc) is 3.90. The standard InChI is InChI=1S/C76H75BN2S/c1-47-22-19-23-48(2)69(47)53-26-21-31-59(40-53)79-66-43-54(70-49(3)24-20-25-50(70)4)34-37-65(66)77-72-55(41-60(44-67(72)79)78(57-27-15-13-16-28-57)58-29-17-14-18-30-58)42-61(51(5)52-32-35-56(36-33-52)74(6,7)8)71-62-45-63-64(46-68(62)80-73(71)77)76(11,12)39-38-75(63,9)10/h13-37,40-41,43-46,51,61H,38-39,42H2,1-12H3. The molecule has 3 aliphatic rings. The van der Waals surface area contributed by atoms with Crippen LogP contribution in [-0.2, 0) is 22.7 Å². The lowest BCUT2D eigenvalue weighted by Crippen LogP contribution is -2.57. The molecule has 0 N–H and O–H groups in total. The summed E-state index contributed by atoms with van der Waals surface area (Å²) in [6.07, 6.45) is 3.26. The van der Waals surface area contributed by atoms with Crippen molar-refractivity contribution in [2.24, 2.45) is 0 Å². The first-order chi connectivity index (χ1) is 38.4. The zero-order valence-electron chi connectivity index (χ0n) is 49.1. The minimum atomic E-state index is -0.0121. The highest BCUT2D eigenvalue weighted by molar-refractivity contribution is 7.32. The Balaban J connectivity index is 1.16. The van der Waals surface area contributed by atoms with Crippen molar-refractivity contribution < 1.29 is 0 Å². The third-order valence-electron chi connectivity index (χ3n) is 19.0. The van der Waals surface area contributed by atoms with Crippen molar-refractivity contribution in [3.8, 4) is 22.3 Å². The van der Waals surface area contributed by atoms with Crippen LogP contribution in [-0.4, -0.2) is 6.71 Å². The summed E-state index contributed by atoms with van der Waals surface area (Å²) in [5, 5.41) is 1.46. The van der Waals surface area contributed by atoms with Gasteiger partial charge in [0.1, 0.15) is 0 Å². The van der Waals surface area contributed by atoms with E-state index in [2.05, 4.69) is 292 Å². The lowest BCUT2D eigenvalue weighted by Gasteiger charge is -2.42. The monoisotopic (exact) mass is 1060 g/mol. The molecule has 2 aliphatic heterocycles. The van der Waals surface area contributed by atoms with Crippen LogP contribution in [0.15, 0.2) is 188 Å². The van der Waals surface area contributed by atoms with Crippen LogP contribution in [0.1, 0.15) is 136 Å². The number of nitrogens with zero attached hydrogens (tertiary/aromatic N) is 2. The van der Waals surface area contributed by atoms with Gasteiger partial charge < -0.3 is 9.80 Å². The molecular formula is C76H75BN2S. The Hall–Kier alpha value is -7.40. The predicted octanol–water partition coefficient (Wildman–Crippen LogP) is 19.3. The van der Waals surface area contributed by atoms with Crippen molar-refractivity contribution >= 4 is 78.0 Å². The largest absolute Gasteiger partial charge is 0.311 e. The Morgan fingerprint density at radius 1 is 0.562 bits per heavy atom. The zero-order valence-corrected chi connectivity index (χ0v) is 49.9. The van der Waals surface area contributed by atoms with Crippen LogP contribution < -0.4 is 25.5 Å². The van der Waals surface area contributed by atoms with Crippen LogP contribution in [0.5, 0.6) is 0 Å². The molecule has 2 nitrogen and oxygen atoms in total. The van der Waals surface area contributed by atoms with Crippen molar-refractivity contribution in [2.75, 3.05) is 9.80 Å². The lowest BCUT2D eigenvalue weighted by molar-refractivity contribution is 0.332. The van der Waals surface area contributed by atoms with Crippen LogP contribution in [0.2, 0.25) is 0 Å². The summed E-state index contributed by atoms with van der Waals surface area (Å²) in [4.78, 5) is 5.16. The molecule has 4 heteroatoms. The van der Waals surface area contributed by atoms with Crippen LogP contribution in [0.4, 0.5) is 34.1 Å².